The molecule has 1 aliphatic rings. The number of benzene rings is 3. The van der Waals surface area contributed by atoms with Crippen molar-refractivity contribution in [3.8, 4) is 0 Å². The Bertz CT molecular complexity index is 1210. The van der Waals surface area contributed by atoms with Gasteiger partial charge in [-0.25, -0.2) is 0 Å². The number of nitrogens with one attached hydrogen (secondary N) is 1. The molecule has 0 bridgehead atoms. The zero-order valence-corrected chi connectivity index (χ0v) is 18.4. The van der Waals surface area contributed by atoms with E-state index >= 15 is 0 Å². The number of non-ortho nitro benzene ring substituents is 1. The van der Waals surface area contributed by atoms with E-state index in [1.165, 1.54) is 29.8 Å². The van der Waals surface area contributed by atoms with Gasteiger partial charge in [-0.15, -0.1) is 11.8 Å². The van der Waals surface area contributed by atoms with E-state index in [1.807, 2.05) is 50.2 Å². The van der Waals surface area contributed by atoms with Crippen LogP contribution >= 0.6 is 11.8 Å². The molecule has 1 aliphatic heterocycles. The minimum atomic E-state index is -0.507. The highest BCUT2D eigenvalue weighted by Gasteiger charge is 2.34. The monoisotopic (exact) mass is 447 g/mol. The van der Waals surface area contributed by atoms with Crippen molar-refractivity contribution in [2.45, 2.75) is 19.2 Å². The molecule has 1 atom stereocenters. The number of aryl methyl sites for hydroxylation is 2. The zero-order valence-electron chi connectivity index (χ0n) is 17.6. The standard InChI is InChI=1S/C24H21N3O4S/c1-15-6-9-21(12-16(15)2)26-22(28)14-32-24(26)18-4-3-5-19(13-18)25-23(29)17-7-10-20(11-8-17)27(30)31/h3-13,24H,14H2,1-2H3,(H,25,29). The van der Waals surface area contributed by atoms with Crippen molar-refractivity contribution in [1.82, 2.24) is 0 Å². The Morgan fingerprint density at radius 1 is 1.06 bits per heavy atom. The number of hydrogen-bond acceptors (Lipinski definition) is 5. The molecule has 0 spiro atoms. The summed E-state index contributed by atoms with van der Waals surface area (Å²) in [5.74, 6) is 0.0681. The Morgan fingerprint density at radius 2 is 1.81 bits per heavy atom. The maximum atomic E-state index is 12.7. The summed E-state index contributed by atoms with van der Waals surface area (Å²) in [4.78, 5) is 37.3. The van der Waals surface area contributed by atoms with E-state index in [1.54, 1.807) is 22.7 Å². The van der Waals surface area contributed by atoms with Crippen LogP contribution in [0.5, 0.6) is 0 Å². The average Bonchev–Trinajstić information content (AvgIpc) is 3.17. The predicted octanol–water partition coefficient (Wildman–Crippen LogP) is 5.24. The van der Waals surface area contributed by atoms with Gasteiger partial charge in [0.1, 0.15) is 5.37 Å². The lowest BCUT2D eigenvalue weighted by Crippen LogP contribution is -2.28. The van der Waals surface area contributed by atoms with Gasteiger partial charge in [-0.05, 0) is 66.9 Å². The summed E-state index contributed by atoms with van der Waals surface area (Å²) in [7, 11) is 0. The van der Waals surface area contributed by atoms with Crippen molar-refractivity contribution in [3.63, 3.8) is 0 Å². The molecule has 0 radical (unpaired) electrons. The molecule has 2 amide bonds. The predicted molar refractivity (Wildman–Crippen MR) is 126 cm³/mol. The van der Waals surface area contributed by atoms with E-state index in [9.17, 15) is 19.7 Å². The zero-order chi connectivity index (χ0) is 22.8. The molecule has 8 heteroatoms. The number of amides is 2. The molecule has 1 N–H and O–H groups in total. The van der Waals surface area contributed by atoms with Crippen LogP contribution < -0.4 is 10.2 Å². The van der Waals surface area contributed by atoms with Crippen LogP contribution in [0.15, 0.2) is 66.7 Å². The van der Waals surface area contributed by atoms with E-state index in [-0.39, 0.29) is 22.9 Å². The smallest absolute Gasteiger partial charge is 0.269 e. The lowest BCUT2D eigenvalue weighted by atomic mass is 10.1. The Kier molecular flexibility index (Phi) is 5.96. The Labute approximate surface area is 189 Å². The first-order chi connectivity index (χ1) is 15.3. The highest BCUT2D eigenvalue weighted by atomic mass is 32.2. The number of hydrogen-bond donors (Lipinski definition) is 1. The topological polar surface area (TPSA) is 92.6 Å². The molecular weight excluding hydrogens is 426 g/mol. The first-order valence-corrected chi connectivity index (χ1v) is 11.0. The number of nitrogens with zero attached hydrogens (tertiary/aromatic N) is 2. The molecule has 1 saturated heterocycles. The summed E-state index contributed by atoms with van der Waals surface area (Å²) in [5.41, 5.74) is 4.89. The fourth-order valence-electron chi connectivity index (χ4n) is 3.53. The molecule has 3 aromatic rings. The molecule has 4 rings (SSSR count). The van der Waals surface area contributed by atoms with E-state index in [2.05, 4.69) is 5.32 Å². The van der Waals surface area contributed by atoms with E-state index in [4.69, 9.17) is 0 Å². The van der Waals surface area contributed by atoms with Gasteiger partial charge in [-0.1, -0.05) is 18.2 Å². The quantitative estimate of drug-likeness (QED) is 0.426. The number of carbonyl (C=O) groups is 2. The molecule has 162 valence electrons. The Hall–Kier alpha value is -3.65. The number of carbonyl (C=O) groups excluding carboxylic acids is 2. The van der Waals surface area contributed by atoms with Gasteiger partial charge >= 0.3 is 0 Å². The van der Waals surface area contributed by atoms with Crippen LogP contribution in [0.2, 0.25) is 0 Å². The van der Waals surface area contributed by atoms with Crippen LogP contribution in [0.3, 0.4) is 0 Å². The first-order valence-electron chi connectivity index (χ1n) is 10.00. The van der Waals surface area contributed by atoms with Crippen LogP contribution in [-0.4, -0.2) is 22.5 Å². The number of nitro groups is 1. The summed E-state index contributed by atoms with van der Waals surface area (Å²) in [6, 6.07) is 18.8. The molecule has 1 unspecified atom stereocenters. The van der Waals surface area contributed by atoms with Gasteiger partial charge in [0.05, 0.1) is 10.7 Å². The fraction of sp³-hybridized carbons (Fsp3) is 0.167. The summed E-state index contributed by atoms with van der Waals surface area (Å²) in [6.07, 6.45) is 0. The average molecular weight is 448 g/mol. The van der Waals surface area contributed by atoms with Gasteiger partial charge in [0.15, 0.2) is 0 Å². The van der Waals surface area contributed by atoms with Crippen LogP contribution in [0.1, 0.15) is 32.4 Å². The van der Waals surface area contributed by atoms with Crippen molar-refractivity contribution < 1.29 is 14.5 Å². The van der Waals surface area contributed by atoms with Gasteiger partial charge in [-0.2, -0.15) is 0 Å². The van der Waals surface area contributed by atoms with Crippen LogP contribution in [0.4, 0.5) is 17.1 Å². The summed E-state index contributed by atoms with van der Waals surface area (Å²) >= 11 is 1.54. The minimum absolute atomic E-state index is 0.0450. The van der Waals surface area contributed by atoms with E-state index in [0.29, 0.717) is 17.0 Å². The third kappa shape index (κ3) is 4.36. The third-order valence-corrected chi connectivity index (χ3v) is 6.62. The van der Waals surface area contributed by atoms with Crippen molar-refractivity contribution in [2.75, 3.05) is 16.0 Å². The van der Waals surface area contributed by atoms with Crippen molar-refractivity contribution in [1.29, 1.82) is 0 Å². The van der Waals surface area contributed by atoms with Gasteiger partial charge in [-0.3, -0.25) is 24.6 Å². The summed E-state index contributed by atoms with van der Waals surface area (Å²) < 4.78 is 0. The second-order valence-corrected chi connectivity index (χ2v) is 8.65. The lowest BCUT2D eigenvalue weighted by Gasteiger charge is -2.25. The number of thioether (sulfide) groups is 1. The molecular formula is C24H21N3O4S. The van der Waals surface area contributed by atoms with Crippen LogP contribution in [0.25, 0.3) is 0 Å². The van der Waals surface area contributed by atoms with E-state index < -0.39 is 4.92 Å². The van der Waals surface area contributed by atoms with Crippen LogP contribution in [0, 0.1) is 24.0 Å². The highest BCUT2D eigenvalue weighted by molar-refractivity contribution is 8.00. The molecule has 7 nitrogen and oxygen atoms in total. The number of anilines is 2. The molecule has 3 aromatic carbocycles. The van der Waals surface area contributed by atoms with Crippen LogP contribution in [-0.2, 0) is 4.79 Å². The molecule has 0 saturated carbocycles. The molecule has 32 heavy (non-hydrogen) atoms. The summed E-state index contributed by atoms with van der Waals surface area (Å²) in [5, 5.41) is 13.4. The highest BCUT2D eigenvalue weighted by Crippen LogP contribution is 2.42. The first kappa shape index (κ1) is 21.6. The second kappa shape index (κ2) is 8.84. The Morgan fingerprint density at radius 3 is 2.50 bits per heavy atom. The summed E-state index contributed by atoms with van der Waals surface area (Å²) in [6.45, 7) is 4.06. The maximum Gasteiger partial charge on any atom is 0.269 e. The number of rotatable bonds is 5. The van der Waals surface area contributed by atoms with Crippen molar-refractivity contribution in [3.05, 3.63) is 99.1 Å². The molecule has 1 heterocycles. The van der Waals surface area contributed by atoms with Gasteiger partial charge in [0.25, 0.3) is 11.6 Å². The number of nitro benzene ring substituents is 1. The van der Waals surface area contributed by atoms with Gasteiger partial charge in [0, 0.05) is 29.1 Å². The molecule has 0 aliphatic carbocycles. The second-order valence-electron chi connectivity index (χ2n) is 7.58. The van der Waals surface area contributed by atoms with Gasteiger partial charge < -0.3 is 5.32 Å². The fourth-order valence-corrected chi connectivity index (χ4v) is 4.70. The minimum Gasteiger partial charge on any atom is -0.322 e. The molecule has 1 fully saturated rings. The Balaban J connectivity index is 1.56. The SMILES string of the molecule is Cc1ccc(N2C(=O)CSC2c2cccc(NC(=O)c3ccc([N+](=O)[O-])cc3)c2)cc1C. The molecule has 0 aromatic heterocycles. The van der Waals surface area contributed by atoms with Gasteiger partial charge in [0.2, 0.25) is 5.91 Å². The van der Waals surface area contributed by atoms with E-state index in [0.717, 1.165) is 16.8 Å². The third-order valence-electron chi connectivity index (χ3n) is 5.41. The maximum absolute atomic E-state index is 12.7. The normalized spacial score (nSPS) is 15.6. The lowest BCUT2D eigenvalue weighted by molar-refractivity contribution is -0.384. The van der Waals surface area contributed by atoms with Crippen molar-refractivity contribution in [2.24, 2.45) is 0 Å². The largest absolute Gasteiger partial charge is 0.322 e. The van der Waals surface area contributed by atoms with Crippen molar-refractivity contribution >= 4 is 40.6 Å².